The first-order valence-electron chi connectivity index (χ1n) is 7.13. The molecule has 2 aliphatic carbocycles. The van der Waals surface area contributed by atoms with E-state index >= 15 is 0 Å². The zero-order chi connectivity index (χ0) is 15.4. The molecule has 2 nitrogen and oxygen atoms in total. The van der Waals surface area contributed by atoms with E-state index in [9.17, 15) is 9.59 Å². The van der Waals surface area contributed by atoms with Crippen LogP contribution < -0.4 is 0 Å². The van der Waals surface area contributed by atoms with Gasteiger partial charge in [0.15, 0.2) is 11.6 Å². The van der Waals surface area contributed by atoms with E-state index in [0.29, 0.717) is 0 Å². The summed E-state index contributed by atoms with van der Waals surface area (Å²) in [7, 11) is 0. The second-order valence-corrected chi connectivity index (χ2v) is 4.46. The van der Waals surface area contributed by atoms with Crippen LogP contribution in [0.5, 0.6) is 0 Å². The third-order valence-electron chi connectivity index (χ3n) is 2.04. The van der Waals surface area contributed by atoms with Crippen LogP contribution in [0.2, 0.25) is 0 Å². The van der Waals surface area contributed by atoms with Crippen molar-refractivity contribution in [1.29, 1.82) is 0 Å². The molecule has 2 rings (SSSR count). The summed E-state index contributed by atoms with van der Waals surface area (Å²) in [5.74, 6) is -0.0107. The summed E-state index contributed by atoms with van der Waals surface area (Å²) in [6.45, 7) is 8.50. The second-order valence-electron chi connectivity index (χ2n) is 4.46. The molecule has 0 saturated heterocycles. The van der Waals surface area contributed by atoms with Crippen molar-refractivity contribution >= 4 is 11.6 Å². The lowest BCUT2D eigenvalue weighted by atomic mass is 9.99. The maximum absolute atomic E-state index is 10.9. The van der Waals surface area contributed by atoms with Gasteiger partial charge in [0, 0.05) is 0 Å². The van der Waals surface area contributed by atoms with E-state index in [4.69, 9.17) is 0 Å². The van der Waals surface area contributed by atoms with Crippen LogP contribution in [0.4, 0.5) is 0 Å². The average molecular weight is 272 g/mol. The number of carbonyl (C=O) groups is 2. The molecule has 2 heteroatoms. The van der Waals surface area contributed by atoms with Crippen molar-refractivity contribution in [2.24, 2.45) is 0 Å². The van der Waals surface area contributed by atoms with Crippen LogP contribution in [0.25, 0.3) is 0 Å². The largest absolute Gasteiger partial charge is 0.290 e. The van der Waals surface area contributed by atoms with Gasteiger partial charge in [-0.05, 0) is 35.5 Å². The van der Waals surface area contributed by atoms with Crippen molar-refractivity contribution in [3.63, 3.8) is 0 Å². The summed E-state index contributed by atoms with van der Waals surface area (Å²) in [6, 6.07) is 0. The van der Waals surface area contributed by atoms with E-state index in [1.54, 1.807) is 24.3 Å². The number of rotatable bonds is 0. The zero-order valence-electron chi connectivity index (χ0n) is 12.8. The number of allylic oxidation sites excluding steroid dienone is 10. The molecule has 2 aliphatic rings. The predicted octanol–water partition coefficient (Wildman–Crippen LogP) is 4.51. The molecule has 20 heavy (non-hydrogen) atoms. The molecule has 0 unspecified atom stereocenters. The van der Waals surface area contributed by atoms with Crippen molar-refractivity contribution in [2.75, 3.05) is 0 Å². The van der Waals surface area contributed by atoms with Gasteiger partial charge in [0.05, 0.1) is 0 Å². The zero-order valence-corrected chi connectivity index (χ0v) is 12.8. The van der Waals surface area contributed by atoms with Crippen LogP contribution in [0, 0.1) is 0 Å². The fraction of sp³-hybridized carbons (Fsp3) is 0.333. The highest BCUT2D eigenvalue weighted by Crippen LogP contribution is 2.16. The second kappa shape index (κ2) is 10.9. The van der Waals surface area contributed by atoms with Gasteiger partial charge in [-0.2, -0.15) is 0 Å². The number of ketones is 2. The van der Waals surface area contributed by atoms with Crippen LogP contribution in [0.15, 0.2) is 59.8 Å². The Morgan fingerprint density at radius 2 is 0.750 bits per heavy atom. The van der Waals surface area contributed by atoms with Crippen LogP contribution in [0.3, 0.4) is 0 Å². The van der Waals surface area contributed by atoms with E-state index in [1.807, 2.05) is 0 Å². The fourth-order valence-electron chi connectivity index (χ4n) is 1.29. The van der Waals surface area contributed by atoms with Crippen molar-refractivity contribution in [3.8, 4) is 0 Å². The van der Waals surface area contributed by atoms with Gasteiger partial charge < -0.3 is 0 Å². The highest BCUT2D eigenvalue weighted by Gasteiger charge is 2.04. The Kier molecular flexibility index (Phi) is 9.85. The average Bonchev–Trinajstić information content (AvgIpc) is 2.42. The van der Waals surface area contributed by atoms with Crippen molar-refractivity contribution in [2.45, 2.75) is 40.5 Å². The first-order chi connectivity index (χ1) is 9.58. The molecule has 0 fully saturated rings. The third kappa shape index (κ3) is 7.47. The molecular weight excluding hydrogens is 248 g/mol. The Hall–Kier alpha value is -1.96. The summed E-state index contributed by atoms with van der Waals surface area (Å²) in [5, 5.41) is 0. The Balaban J connectivity index is 0.000000520. The topological polar surface area (TPSA) is 34.1 Å². The summed E-state index contributed by atoms with van der Waals surface area (Å²) >= 11 is 0. The minimum absolute atomic E-state index is 0.00537. The van der Waals surface area contributed by atoms with Crippen molar-refractivity contribution < 1.29 is 9.59 Å². The molecule has 0 amide bonds. The monoisotopic (exact) mass is 272 g/mol. The molecule has 0 atom stereocenters. The summed E-state index contributed by atoms with van der Waals surface area (Å²) in [5.41, 5.74) is 1.90. The maximum atomic E-state index is 10.9. The quantitative estimate of drug-likeness (QED) is 0.650. The molecule has 0 spiro atoms. The third-order valence-corrected chi connectivity index (χ3v) is 2.04. The highest BCUT2D eigenvalue weighted by atomic mass is 16.1. The molecule has 0 N–H and O–H groups in total. The summed E-state index contributed by atoms with van der Waals surface area (Å²) < 4.78 is 0. The molecule has 0 aliphatic heterocycles. The molecule has 0 bridgehead atoms. The predicted molar refractivity (Wildman–Crippen MR) is 85.5 cm³/mol. The van der Waals surface area contributed by atoms with E-state index in [1.165, 1.54) is 37.1 Å². The molecule has 0 aromatic carbocycles. The van der Waals surface area contributed by atoms with E-state index in [2.05, 4.69) is 27.7 Å². The maximum Gasteiger partial charge on any atom is 0.178 e. The van der Waals surface area contributed by atoms with Crippen molar-refractivity contribution in [3.05, 3.63) is 59.8 Å². The first-order valence-corrected chi connectivity index (χ1v) is 7.13. The molecule has 0 aromatic heterocycles. The lowest BCUT2D eigenvalue weighted by molar-refractivity contribution is -0.111. The van der Waals surface area contributed by atoms with E-state index in [0.717, 1.165) is 11.1 Å². The minimum Gasteiger partial charge on any atom is -0.290 e. The van der Waals surface area contributed by atoms with Gasteiger partial charge >= 0.3 is 0 Å². The minimum atomic E-state index is -0.00537. The molecule has 108 valence electrons. The smallest absolute Gasteiger partial charge is 0.178 e. The van der Waals surface area contributed by atoms with Gasteiger partial charge in [-0.15, -0.1) is 0 Å². The Bertz CT molecular complexity index is 392. The number of carbonyl (C=O) groups excluding carboxylic acids is 2. The first kappa shape index (κ1) is 18.0. The lowest BCUT2D eigenvalue weighted by Crippen LogP contribution is -1.97. The van der Waals surface area contributed by atoms with Crippen LogP contribution in [-0.2, 0) is 9.59 Å². The molecule has 0 radical (unpaired) electrons. The molecule has 0 aromatic rings. The summed E-state index contributed by atoms with van der Waals surface area (Å²) in [4.78, 5) is 21.7. The number of hydrogen-bond acceptors (Lipinski definition) is 2. The normalized spacial score (nSPS) is 15.6. The summed E-state index contributed by atoms with van der Waals surface area (Å²) in [6.07, 6.45) is 15.6. The Labute approximate surface area is 122 Å². The Morgan fingerprint density at radius 3 is 0.950 bits per heavy atom. The van der Waals surface area contributed by atoms with Gasteiger partial charge in [0.25, 0.3) is 0 Å². The number of hydrogen-bond donors (Lipinski definition) is 0. The molecule has 0 saturated carbocycles. The van der Waals surface area contributed by atoms with Gasteiger partial charge in [0.2, 0.25) is 0 Å². The van der Waals surface area contributed by atoms with Crippen LogP contribution >= 0.6 is 0 Å². The fourth-order valence-corrected chi connectivity index (χ4v) is 1.29. The standard InChI is InChI=1S/C12H8O2.2C3H8/c13-11-5-1-9(2-6-11)10-3-7-12(14)8-4-10;2*1-3-2/h1-8H;2*3H2,1-2H3. The van der Waals surface area contributed by atoms with E-state index in [-0.39, 0.29) is 11.6 Å². The van der Waals surface area contributed by atoms with Crippen LogP contribution in [0.1, 0.15) is 40.5 Å². The van der Waals surface area contributed by atoms with Gasteiger partial charge in [-0.3, -0.25) is 9.59 Å². The van der Waals surface area contributed by atoms with Gasteiger partial charge in [-0.1, -0.05) is 64.8 Å². The molecule has 0 heterocycles. The van der Waals surface area contributed by atoms with Gasteiger partial charge in [-0.25, -0.2) is 0 Å². The van der Waals surface area contributed by atoms with Crippen LogP contribution in [-0.4, -0.2) is 11.6 Å². The highest BCUT2D eigenvalue weighted by molar-refractivity contribution is 6.03. The SMILES string of the molecule is CCC.CCC.O=C1C=CC(=C2C=CC(=O)C=C2)C=C1. The Morgan fingerprint density at radius 1 is 0.550 bits per heavy atom. The van der Waals surface area contributed by atoms with Crippen molar-refractivity contribution in [1.82, 2.24) is 0 Å². The molecular formula is C18H24O2. The van der Waals surface area contributed by atoms with Gasteiger partial charge in [0.1, 0.15) is 0 Å². The van der Waals surface area contributed by atoms with E-state index < -0.39 is 0 Å². The lowest BCUT2D eigenvalue weighted by Gasteiger charge is -2.05.